The van der Waals surface area contributed by atoms with Gasteiger partial charge in [0.25, 0.3) is 0 Å². The lowest BCUT2D eigenvalue weighted by molar-refractivity contribution is -0.135. The van der Waals surface area contributed by atoms with Crippen LogP contribution in [0.1, 0.15) is 36.3 Å². The Balaban J connectivity index is 1.41. The van der Waals surface area contributed by atoms with E-state index in [0.717, 1.165) is 31.6 Å². The van der Waals surface area contributed by atoms with Crippen LogP contribution in [0.5, 0.6) is 0 Å². The molecule has 2 saturated heterocycles. The monoisotopic (exact) mass is 419 g/mol. The highest BCUT2D eigenvalue weighted by molar-refractivity contribution is 5.82. The number of nitrogens with one attached hydrogen (secondary N) is 1. The molecule has 2 fully saturated rings. The Bertz CT molecular complexity index is 849. The lowest BCUT2D eigenvalue weighted by atomic mass is 9.83. The Labute approximate surface area is 185 Å². The quantitative estimate of drug-likeness (QED) is 0.750. The largest absolute Gasteiger partial charge is 0.355 e. The first-order chi connectivity index (χ1) is 15.2. The van der Waals surface area contributed by atoms with Gasteiger partial charge < -0.3 is 15.1 Å². The van der Waals surface area contributed by atoms with E-state index in [1.807, 2.05) is 53.4 Å². The van der Waals surface area contributed by atoms with Crippen LogP contribution in [0, 0.1) is 5.92 Å². The molecule has 4 rings (SSSR count). The Hall–Kier alpha value is -2.66. The van der Waals surface area contributed by atoms with Gasteiger partial charge in [-0.2, -0.15) is 0 Å². The second-order valence-electron chi connectivity index (χ2n) is 8.84. The fraction of sp³-hybridized carbons (Fsp3) is 0.462. The second-order valence-corrected chi connectivity index (χ2v) is 8.84. The standard InChI is InChI=1S/C26H33N3O2/c30-25(17-21-9-3-1-4-10-21)29-19-23(22-11-5-2-6-12-22)18-24(20-29)26(31)27-13-16-28-14-7-8-15-28/h1-6,9-12,23-24H,7-8,13-20H2,(H,27,31)/t23-,24+/m1/s1. The highest BCUT2D eigenvalue weighted by Crippen LogP contribution is 2.31. The number of rotatable bonds is 7. The summed E-state index contributed by atoms with van der Waals surface area (Å²) in [4.78, 5) is 30.4. The minimum absolute atomic E-state index is 0.0809. The van der Waals surface area contributed by atoms with Gasteiger partial charge in [0.15, 0.2) is 0 Å². The number of benzene rings is 2. The van der Waals surface area contributed by atoms with Crippen molar-refractivity contribution < 1.29 is 9.59 Å². The third kappa shape index (κ3) is 5.95. The third-order valence-electron chi connectivity index (χ3n) is 6.57. The number of carbonyl (C=O) groups excluding carboxylic acids is 2. The Kier molecular flexibility index (Phi) is 7.36. The van der Waals surface area contributed by atoms with Crippen LogP contribution < -0.4 is 5.32 Å². The number of nitrogens with zero attached hydrogens (tertiary/aromatic N) is 2. The van der Waals surface area contributed by atoms with Crippen LogP contribution in [-0.4, -0.2) is 60.9 Å². The molecule has 2 atom stereocenters. The molecule has 164 valence electrons. The predicted molar refractivity (Wildman–Crippen MR) is 123 cm³/mol. The van der Waals surface area contributed by atoms with E-state index in [4.69, 9.17) is 0 Å². The fourth-order valence-electron chi connectivity index (χ4n) is 4.83. The highest BCUT2D eigenvalue weighted by atomic mass is 16.2. The molecule has 0 spiro atoms. The molecule has 2 aromatic carbocycles. The van der Waals surface area contributed by atoms with Crippen LogP contribution in [0.15, 0.2) is 60.7 Å². The predicted octanol–water partition coefficient (Wildman–Crippen LogP) is 3.07. The molecule has 2 amide bonds. The molecule has 0 unspecified atom stereocenters. The lowest BCUT2D eigenvalue weighted by Crippen LogP contribution is -2.49. The molecule has 0 aliphatic carbocycles. The molecule has 2 aliphatic rings. The van der Waals surface area contributed by atoms with Crippen LogP contribution in [0.2, 0.25) is 0 Å². The van der Waals surface area contributed by atoms with Gasteiger partial charge >= 0.3 is 0 Å². The summed E-state index contributed by atoms with van der Waals surface area (Å²) in [6.07, 6.45) is 3.68. The zero-order valence-corrected chi connectivity index (χ0v) is 18.2. The van der Waals surface area contributed by atoms with Crippen LogP contribution in [0.25, 0.3) is 0 Å². The third-order valence-corrected chi connectivity index (χ3v) is 6.57. The van der Waals surface area contributed by atoms with Crippen molar-refractivity contribution >= 4 is 11.8 Å². The summed E-state index contributed by atoms with van der Waals surface area (Å²) in [5.74, 6) is 0.195. The second kappa shape index (κ2) is 10.6. The molecular formula is C26H33N3O2. The number of piperidine rings is 1. The average molecular weight is 420 g/mol. The number of amides is 2. The molecule has 1 N–H and O–H groups in total. The fourth-order valence-corrected chi connectivity index (χ4v) is 4.83. The number of hydrogen-bond donors (Lipinski definition) is 1. The topological polar surface area (TPSA) is 52.7 Å². The van der Waals surface area contributed by atoms with E-state index >= 15 is 0 Å². The smallest absolute Gasteiger partial charge is 0.227 e. The first-order valence-electron chi connectivity index (χ1n) is 11.6. The Morgan fingerprint density at radius 2 is 1.58 bits per heavy atom. The molecule has 2 aromatic rings. The van der Waals surface area contributed by atoms with Crippen LogP contribution in [0.3, 0.4) is 0 Å². The van der Waals surface area contributed by atoms with Gasteiger partial charge in [-0.15, -0.1) is 0 Å². The first kappa shape index (κ1) is 21.6. The van der Waals surface area contributed by atoms with Gasteiger partial charge in [0.05, 0.1) is 12.3 Å². The Morgan fingerprint density at radius 3 is 2.29 bits per heavy atom. The lowest BCUT2D eigenvalue weighted by Gasteiger charge is -2.37. The number of hydrogen-bond acceptors (Lipinski definition) is 3. The summed E-state index contributed by atoms with van der Waals surface area (Å²) < 4.78 is 0. The van der Waals surface area contributed by atoms with Gasteiger partial charge in [0, 0.05) is 32.1 Å². The van der Waals surface area contributed by atoms with E-state index < -0.39 is 0 Å². The maximum absolute atomic E-state index is 13.1. The summed E-state index contributed by atoms with van der Waals surface area (Å²) in [5, 5.41) is 3.14. The maximum Gasteiger partial charge on any atom is 0.227 e. The Morgan fingerprint density at radius 1 is 0.903 bits per heavy atom. The van der Waals surface area contributed by atoms with Crippen molar-refractivity contribution in [3.63, 3.8) is 0 Å². The molecule has 5 nitrogen and oxygen atoms in total. The first-order valence-corrected chi connectivity index (χ1v) is 11.6. The van der Waals surface area contributed by atoms with E-state index in [1.54, 1.807) is 0 Å². The molecule has 31 heavy (non-hydrogen) atoms. The minimum Gasteiger partial charge on any atom is -0.355 e. The van der Waals surface area contributed by atoms with Crippen molar-refractivity contribution in [3.8, 4) is 0 Å². The molecule has 2 heterocycles. The van der Waals surface area contributed by atoms with Gasteiger partial charge in [-0.05, 0) is 43.5 Å². The zero-order chi connectivity index (χ0) is 21.5. The molecule has 0 saturated carbocycles. The molecular weight excluding hydrogens is 386 g/mol. The minimum atomic E-state index is -0.169. The van der Waals surface area contributed by atoms with Gasteiger partial charge in [-0.25, -0.2) is 0 Å². The van der Waals surface area contributed by atoms with Gasteiger partial charge in [-0.3, -0.25) is 9.59 Å². The van der Waals surface area contributed by atoms with Gasteiger partial charge in [0.2, 0.25) is 11.8 Å². The summed E-state index contributed by atoms with van der Waals surface area (Å²) in [7, 11) is 0. The van der Waals surface area contributed by atoms with Crippen molar-refractivity contribution in [2.24, 2.45) is 5.92 Å². The van der Waals surface area contributed by atoms with Crippen molar-refractivity contribution in [1.82, 2.24) is 15.1 Å². The summed E-state index contributed by atoms with van der Waals surface area (Å²) in [6.45, 7) is 5.05. The van der Waals surface area contributed by atoms with Gasteiger partial charge in [-0.1, -0.05) is 60.7 Å². The van der Waals surface area contributed by atoms with E-state index in [-0.39, 0.29) is 23.7 Å². The van der Waals surface area contributed by atoms with E-state index in [0.29, 0.717) is 26.1 Å². The van der Waals surface area contributed by atoms with E-state index in [1.165, 1.54) is 18.4 Å². The average Bonchev–Trinajstić information content (AvgIpc) is 3.33. The normalized spacial score (nSPS) is 21.7. The highest BCUT2D eigenvalue weighted by Gasteiger charge is 2.34. The number of carbonyl (C=O) groups is 2. The van der Waals surface area contributed by atoms with Crippen LogP contribution in [0.4, 0.5) is 0 Å². The van der Waals surface area contributed by atoms with Crippen LogP contribution >= 0.6 is 0 Å². The summed E-state index contributed by atoms with van der Waals surface area (Å²) in [5.41, 5.74) is 2.22. The van der Waals surface area contributed by atoms with Crippen molar-refractivity contribution in [3.05, 3.63) is 71.8 Å². The van der Waals surface area contributed by atoms with Crippen molar-refractivity contribution in [2.45, 2.75) is 31.6 Å². The summed E-state index contributed by atoms with van der Waals surface area (Å²) >= 11 is 0. The van der Waals surface area contributed by atoms with E-state index in [2.05, 4.69) is 22.3 Å². The van der Waals surface area contributed by atoms with Gasteiger partial charge in [0.1, 0.15) is 0 Å². The summed E-state index contributed by atoms with van der Waals surface area (Å²) in [6, 6.07) is 20.1. The SMILES string of the molecule is O=C(NCCN1CCCC1)[C@H]1C[C@@H](c2ccccc2)CN(C(=O)Cc2ccccc2)C1. The molecule has 0 aromatic heterocycles. The maximum atomic E-state index is 13.1. The van der Waals surface area contributed by atoms with Crippen LogP contribution in [-0.2, 0) is 16.0 Å². The zero-order valence-electron chi connectivity index (χ0n) is 18.2. The van der Waals surface area contributed by atoms with Crippen molar-refractivity contribution in [1.29, 1.82) is 0 Å². The number of likely N-dealkylation sites (tertiary alicyclic amines) is 2. The molecule has 5 heteroatoms. The van der Waals surface area contributed by atoms with E-state index in [9.17, 15) is 9.59 Å². The van der Waals surface area contributed by atoms with Crippen molar-refractivity contribution in [2.75, 3.05) is 39.3 Å². The molecule has 0 radical (unpaired) electrons. The molecule has 0 bridgehead atoms. The molecule has 2 aliphatic heterocycles.